The maximum Gasteiger partial charge on any atom is 0.187 e. The van der Waals surface area contributed by atoms with Crippen molar-refractivity contribution < 1.29 is 72.9 Å². The van der Waals surface area contributed by atoms with Gasteiger partial charge in [0.2, 0.25) is 0 Å². The maximum absolute atomic E-state index is 10.4. The zero-order valence-corrected chi connectivity index (χ0v) is 25.0. The zero-order chi connectivity index (χ0) is 30.7. The van der Waals surface area contributed by atoms with Crippen LogP contribution >= 0.6 is 0 Å². The van der Waals surface area contributed by atoms with Crippen molar-refractivity contribution in [1.29, 1.82) is 0 Å². The molecular weight excluding hydrogens is 564 g/mol. The van der Waals surface area contributed by atoms with Gasteiger partial charge in [0.25, 0.3) is 0 Å². The Labute approximate surface area is 245 Å². The second-order valence-corrected chi connectivity index (χ2v) is 11.4. The third kappa shape index (κ3) is 7.61. The first kappa shape index (κ1) is 34.3. The highest BCUT2D eigenvalue weighted by Gasteiger charge is 2.49. The van der Waals surface area contributed by atoms with E-state index < -0.39 is 105 Å². The number of aliphatic hydroxyl groups is 5. The van der Waals surface area contributed by atoms with Gasteiger partial charge in [0.05, 0.1) is 43.2 Å². The van der Waals surface area contributed by atoms with Crippen LogP contribution in [0, 0.1) is 0 Å². The molecule has 4 aliphatic heterocycles. The molecule has 0 bridgehead atoms. The second kappa shape index (κ2) is 15.1. The fourth-order valence-electron chi connectivity index (χ4n) is 6.16. The summed E-state index contributed by atoms with van der Waals surface area (Å²) in [5.74, 6) is 0. The molecule has 0 saturated carbocycles. The molecule has 0 amide bonds. The van der Waals surface area contributed by atoms with E-state index in [4.69, 9.17) is 47.4 Å². The lowest BCUT2D eigenvalue weighted by Crippen LogP contribution is -2.62. The topological polar surface area (TPSA) is 193 Å². The van der Waals surface area contributed by atoms with Crippen molar-refractivity contribution in [1.82, 2.24) is 0 Å². The number of hydrogen-bond donors (Lipinski definition) is 5. The molecular formula is C27H48O15. The second-order valence-electron chi connectivity index (χ2n) is 11.4. The first-order chi connectivity index (χ1) is 20.0. The average Bonchev–Trinajstić information content (AvgIpc) is 2.96. The molecule has 0 aromatic rings. The van der Waals surface area contributed by atoms with Crippen molar-refractivity contribution in [2.45, 2.75) is 145 Å². The molecule has 0 aromatic heterocycles. The van der Waals surface area contributed by atoms with Crippen molar-refractivity contribution in [2.24, 2.45) is 0 Å². The Balaban J connectivity index is 1.35. The van der Waals surface area contributed by atoms with Crippen LogP contribution in [0.2, 0.25) is 0 Å². The highest BCUT2D eigenvalue weighted by Crippen LogP contribution is 2.34. The summed E-state index contributed by atoms with van der Waals surface area (Å²) >= 11 is 0. The summed E-state index contributed by atoms with van der Waals surface area (Å²) in [6.07, 6.45) is -12.8. The molecule has 4 saturated heterocycles. The van der Waals surface area contributed by atoms with E-state index in [-0.39, 0.29) is 18.9 Å². The Morgan fingerprint density at radius 1 is 0.571 bits per heavy atom. The minimum absolute atomic E-state index is 0.261. The molecule has 4 heterocycles. The van der Waals surface area contributed by atoms with Gasteiger partial charge in [-0.15, -0.1) is 0 Å². The highest BCUT2D eigenvalue weighted by atomic mass is 16.8. The van der Waals surface area contributed by atoms with Gasteiger partial charge < -0.3 is 72.9 Å². The minimum atomic E-state index is -1.56. The van der Waals surface area contributed by atoms with E-state index in [0.717, 1.165) is 0 Å². The molecule has 4 aliphatic rings. The Bertz CT molecular complexity index is 820. The van der Waals surface area contributed by atoms with Crippen molar-refractivity contribution in [3.8, 4) is 0 Å². The number of hydrogen-bond acceptors (Lipinski definition) is 15. The van der Waals surface area contributed by atoms with Crippen molar-refractivity contribution in [3.63, 3.8) is 0 Å². The minimum Gasteiger partial charge on any atom is -0.394 e. The van der Waals surface area contributed by atoms with E-state index >= 15 is 0 Å². The lowest BCUT2D eigenvalue weighted by atomic mass is 9.98. The van der Waals surface area contributed by atoms with Crippen molar-refractivity contribution >= 4 is 0 Å². The molecule has 246 valence electrons. The van der Waals surface area contributed by atoms with E-state index in [2.05, 4.69) is 0 Å². The van der Waals surface area contributed by atoms with Gasteiger partial charge in [0.15, 0.2) is 25.2 Å². The summed E-state index contributed by atoms with van der Waals surface area (Å²) < 4.78 is 58.9. The highest BCUT2D eigenvalue weighted by molar-refractivity contribution is 4.92. The Morgan fingerprint density at radius 3 is 1.50 bits per heavy atom. The van der Waals surface area contributed by atoms with Crippen LogP contribution in [-0.4, -0.2) is 158 Å². The Kier molecular flexibility index (Phi) is 12.3. The number of rotatable bonds is 10. The van der Waals surface area contributed by atoms with Gasteiger partial charge in [0.1, 0.15) is 42.7 Å². The normalized spacial score (nSPS) is 50.5. The van der Waals surface area contributed by atoms with E-state index in [9.17, 15) is 25.5 Å². The van der Waals surface area contributed by atoms with E-state index in [1.54, 1.807) is 21.1 Å². The monoisotopic (exact) mass is 612 g/mol. The van der Waals surface area contributed by atoms with Gasteiger partial charge in [-0.25, -0.2) is 0 Å². The molecule has 4 rings (SSSR count). The van der Waals surface area contributed by atoms with Crippen LogP contribution in [0.5, 0.6) is 0 Å². The van der Waals surface area contributed by atoms with Crippen LogP contribution in [0.15, 0.2) is 0 Å². The molecule has 42 heavy (non-hydrogen) atoms. The molecule has 17 atom stereocenters. The predicted molar refractivity (Wildman–Crippen MR) is 140 cm³/mol. The van der Waals surface area contributed by atoms with Crippen LogP contribution in [0.25, 0.3) is 0 Å². The first-order valence-electron chi connectivity index (χ1n) is 14.5. The summed E-state index contributed by atoms with van der Waals surface area (Å²) in [6, 6.07) is 0. The largest absolute Gasteiger partial charge is 0.394 e. The first-order valence-corrected chi connectivity index (χ1v) is 14.5. The van der Waals surface area contributed by atoms with Crippen molar-refractivity contribution in [3.05, 3.63) is 0 Å². The summed E-state index contributed by atoms with van der Waals surface area (Å²) in [5.41, 5.74) is 0. The van der Waals surface area contributed by atoms with E-state index in [0.29, 0.717) is 6.42 Å². The van der Waals surface area contributed by atoms with E-state index in [1.807, 2.05) is 13.8 Å². The lowest BCUT2D eigenvalue weighted by Gasteiger charge is -2.47. The smallest absolute Gasteiger partial charge is 0.187 e. The molecule has 0 spiro atoms. The van der Waals surface area contributed by atoms with E-state index in [1.165, 1.54) is 7.11 Å². The lowest BCUT2D eigenvalue weighted by molar-refractivity contribution is -0.356. The van der Waals surface area contributed by atoms with Gasteiger partial charge in [-0.3, -0.25) is 0 Å². The van der Waals surface area contributed by atoms with Gasteiger partial charge in [-0.05, 0) is 20.8 Å². The molecule has 0 aromatic carbocycles. The third-order valence-electron chi connectivity index (χ3n) is 8.54. The van der Waals surface area contributed by atoms with Crippen LogP contribution in [0.3, 0.4) is 0 Å². The van der Waals surface area contributed by atoms with Crippen LogP contribution in [0.4, 0.5) is 0 Å². The molecule has 15 nitrogen and oxygen atoms in total. The van der Waals surface area contributed by atoms with Crippen LogP contribution < -0.4 is 0 Å². The van der Waals surface area contributed by atoms with Gasteiger partial charge in [-0.2, -0.15) is 0 Å². The number of ether oxygens (including phenoxy) is 10. The summed E-state index contributed by atoms with van der Waals surface area (Å²) in [6.45, 7) is 4.86. The van der Waals surface area contributed by atoms with Gasteiger partial charge in [-0.1, -0.05) is 0 Å². The summed E-state index contributed by atoms with van der Waals surface area (Å²) in [5, 5.41) is 50.0. The molecule has 0 radical (unpaired) electrons. The molecule has 4 fully saturated rings. The quantitative estimate of drug-likeness (QED) is 0.189. The number of aliphatic hydroxyl groups excluding tert-OH is 5. The molecule has 15 heteroatoms. The van der Waals surface area contributed by atoms with Crippen LogP contribution in [0.1, 0.15) is 40.0 Å². The molecule has 0 aliphatic carbocycles. The summed E-state index contributed by atoms with van der Waals surface area (Å²) in [4.78, 5) is 0. The Hall–Kier alpha value is -0.600. The third-order valence-corrected chi connectivity index (χ3v) is 8.54. The van der Waals surface area contributed by atoms with Crippen LogP contribution in [-0.2, 0) is 47.4 Å². The summed E-state index contributed by atoms with van der Waals surface area (Å²) in [7, 11) is 4.66. The predicted octanol–water partition coefficient (Wildman–Crippen LogP) is -1.62. The number of methoxy groups -OCH3 is 3. The fourth-order valence-corrected chi connectivity index (χ4v) is 6.16. The molecule has 5 N–H and O–H groups in total. The SMILES string of the molecule is CO[C@H]1CC(O)O[C@H](C)[C@H]1O[C@H]1C[C@H](OC)[C@H](O[C@H]2C[C@@H](OC)[C@@H](O[C@@H]3O[C@H](CO)[C@@H](O)[C@H](O)[C@H]3O)[C@@H](C)O2)[C@@H](C)O1. The zero-order valence-electron chi connectivity index (χ0n) is 25.0. The van der Waals surface area contributed by atoms with Gasteiger partial charge >= 0.3 is 0 Å². The van der Waals surface area contributed by atoms with Gasteiger partial charge in [0, 0.05) is 40.6 Å². The maximum atomic E-state index is 10.4. The van der Waals surface area contributed by atoms with Crippen molar-refractivity contribution in [2.75, 3.05) is 27.9 Å². The fraction of sp³-hybridized carbons (Fsp3) is 1.00. The average molecular weight is 613 g/mol. The standard InChI is InChI=1S/C27H48O15/c1-11-24(14(33-4)7-18(29)36-11)40-19-8-15(34-5)25(12(2)37-19)41-20-9-16(35-6)26(13(3)38-20)42-27-23(32)22(31)21(30)17(10-28)39-27/h11-32H,7-10H2,1-6H3/t11-,12-,13-,14+,15+,16-,17-,18?,19+,20+,21-,22+,23-,24-,25-,26+,27+/m1/s1. The molecule has 1 unspecified atom stereocenters. The Morgan fingerprint density at radius 2 is 1.02 bits per heavy atom.